The molecule has 0 aromatic heterocycles. The van der Waals surface area contributed by atoms with Gasteiger partial charge in [0.2, 0.25) is 0 Å². The van der Waals surface area contributed by atoms with Crippen LogP contribution in [-0.4, -0.2) is 18.1 Å². The second kappa shape index (κ2) is 3.51. The molecule has 1 aliphatic carbocycles. The number of benzene rings is 1. The summed E-state index contributed by atoms with van der Waals surface area (Å²) in [7, 11) is 1.43. The van der Waals surface area contributed by atoms with E-state index >= 15 is 0 Å². The summed E-state index contributed by atoms with van der Waals surface area (Å²) in [6.07, 6.45) is 0.813. The van der Waals surface area contributed by atoms with Crippen LogP contribution in [0.2, 0.25) is 0 Å². The number of para-hydroxylation sites is 1. The molecule has 5 nitrogen and oxygen atoms in total. The van der Waals surface area contributed by atoms with Crippen molar-refractivity contribution in [1.82, 2.24) is 0 Å². The summed E-state index contributed by atoms with van der Waals surface area (Å²) in [6, 6.07) is 5.15. The molecule has 2 atom stereocenters. The first-order valence-electron chi connectivity index (χ1n) is 4.72. The summed E-state index contributed by atoms with van der Waals surface area (Å²) < 4.78 is 4.98. The van der Waals surface area contributed by atoms with Gasteiger partial charge in [-0.2, -0.15) is 0 Å². The van der Waals surface area contributed by atoms with E-state index in [1.54, 1.807) is 18.2 Å². The lowest BCUT2D eigenvalue weighted by Gasteiger charge is -2.05. The maximum absolute atomic E-state index is 10.9. The molecule has 1 aliphatic rings. The number of ether oxygens (including phenoxy) is 1. The molecule has 2 N–H and O–H groups in total. The quantitative estimate of drug-likeness (QED) is 0.601. The Morgan fingerprint density at radius 3 is 2.73 bits per heavy atom. The summed E-state index contributed by atoms with van der Waals surface area (Å²) in [5.41, 5.74) is 6.44. The van der Waals surface area contributed by atoms with Crippen molar-refractivity contribution in [2.45, 2.75) is 18.4 Å². The fourth-order valence-electron chi connectivity index (χ4n) is 1.77. The number of nitrogens with two attached hydrogens (primary N) is 1. The highest BCUT2D eigenvalue weighted by atomic mass is 16.6. The van der Waals surface area contributed by atoms with Crippen molar-refractivity contribution in [3.8, 4) is 5.75 Å². The summed E-state index contributed by atoms with van der Waals surface area (Å²) in [4.78, 5) is 10.5. The predicted molar refractivity (Wildman–Crippen MR) is 55.0 cm³/mol. The zero-order chi connectivity index (χ0) is 11.0. The second-order valence-electron chi connectivity index (χ2n) is 3.66. The van der Waals surface area contributed by atoms with Gasteiger partial charge in [0.25, 0.3) is 0 Å². The molecule has 1 aromatic carbocycles. The van der Waals surface area contributed by atoms with Gasteiger partial charge >= 0.3 is 5.69 Å². The lowest BCUT2D eigenvalue weighted by molar-refractivity contribution is -0.386. The molecule has 0 radical (unpaired) electrons. The first-order chi connectivity index (χ1) is 7.15. The van der Waals surface area contributed by atoms with Gasteiger partial charge < -0.3 is 10.5 Å². The smallest absolute Gasteiger partial charge is 0.314 e. The number of hydrogen-bond donors (Lipinski definition) is 1. The van der Waals surface area contributed by atoms with Gasteiger partial charge in [-0.05, 0) is 12.5 Å². The Hall–Kier alpha value is -1.62. The van der Waals surface area contributed by atoms with E-state index in [-0.39, 0.29) is 17.6 Å². The van der Waals surface area contributed by atoms with Gasteiger partial charge in [-0.3, -0.25) is 10.1 Å². The fourth-order valence-corrected chi connectivity index (χ4v) is 1.77. The van der Waals surface area contributed by atoms with Crippen LogP contribution in [0.15, 0.2) is 18.2 Å². The van der Waals surface area contributed by atoms with E-state index in [1.165, 1.54) is 7.11 Å². The molecular weight excluding hydrogens is 196 g/mol. The molecule has 1 fully saturated rings. The SMILES string of the molecule is COc1cccc(C2CC2N)c1[N+](=O)[O-]. The van der Waals surface area contributed by atoms with Crippen molar-refractivity contribution in [2.75, 3.05) is 7.11 Å². The van der Waals surface area contributed by atoms with Crippen LogP contribution >= 0.6 is 0 Å². The van der Waals surface area contributed by atoms with Crippen LogP contribution in [0.1, 0.15) is 17.9 Å². The highest BCUT2D eigenvalue weighted by Crippen LogP contribution is 2.45. The molecular formula is C10H12N2O3. The largest absolute Gasteiger partial charge is 0.490 e. The van der Waals surface area contributed by atoms with Crippen LogP contribution in [0, 0.1) is 10.1 Å². The lowest BCUT2D eigenvalue weighted by Crippen LogP contribution is -2.04. The molecule has 5 heteroatoms. The zero-order valence-corrected chi connectivity index (χ0v) is 8.34. The normalized spacial score (nSPS) is 23.6. The first kappa shape index (κ1) is 9.92. The Balaban J connectivity index is 2.48. The topological polar surface area (TPSA) is 78.4 Å². The first-order valence-corrected chi connectivity index (χ1v) is 4.72. The molecule has 2 unspecified atom stereocenters. The maximum Gasteiger partial charge on any atom is 0.314 e. The Morgan fingerprint density at radius 2 is 2.27 bits per heavy atom. The average Bonchev–Trinajstić information content (AvgIpc) is 2.94. The van der Waals surface area contributed by atoms with Crippen molar-refractivity contribution in [2.24, 2.45) is 5.73 Å². The summed E-state index contributed by atoms with van der Waals surface area (Å²) in [5, 5.41) is 10.9. The van der Waals surface area contributed by atoms with E-state index in [1.807, 2.05) is 0 Å². The molecule has 15 heavy (non-hydrogen) atoms. The van der Waals surface area contributed by atoms with Gasteiger partial charge in [-0.15, -0.1) is 0 Å². The van der Waals surface area contributed by atoms with E-state index in [4.69, 9.17) is 10.5 Å². The molecule has 1 aromatic rings. The summed E-state index contributed by atoms with van der Waals surface area (Å²) in [6.45, 7) is 0. The van der Waals surface area contributed by atoms with E-state index in [0.717, 1.165) is 6.42 Å². The summed E-state index contributed by atoms with van der Waals surface area (Å²) >= 11 is 0. The van der Waals surface area contributed by atoms with Crippen LogP contribution in [-0.2, 0) is 0 Å². The monoisotopic (exact) mass is 208 g/mol. The molecule has 0 bridgehead atoms. The second-order valence-corrected chi connectivity index (χ2v) is 3.66. The van der Waals surface area contributed by atoms with E-state index < -0.39 is 4.92 Å². The van der Waals surface area contributed by atoms with Gasteiger partial charge in [-0.25, -0.2) is 0 Å². The van der Waals surface area contributed by atoms with Crippen molar-refractivity contribution < 1.29 is 9.66 Å². The number of nitrogens with zero attached hydrogens (tertiary/aromatic N) is 1. The highest BCUT2D eigenvalue weighted by molar-refractivity contribution is 5.56. The van der Waals surface area contributed by atoms with Crippen LogP contribution in [0.4, 0.5) is 5.69 Å². The standard InChI is InChI=1S/C10H12N2O3/c1-15-9-4-2-3-6(7-5-8(7)11)10(9)12(13)14/h2-4,7-8H,5,11H2,1H3. The van der Waals surface area contributed by atoms with Crippen LogP contribution in [0.5, 0.6) is 5.75 Å². The Kier molecular flexibility index (Phi) is 2.32. The van der Waals surface area contributed by atoms with Gasteiger partial charge in [0.05, 0.1) is 12.0 Å². The molecule has 0 aliphatic heterocycles. The Bertz CT molecular complexity index is 406. The van der Waals surface area contributed by atoms with E-state index in [2.05, 4.69) is 0 Å². The molecule has 80 valence electrons. The minimum atomic E-state index is -0.404. The van der Waals surface area contributed by atoms with Crippen molar-refractivity contribution in [1.29, 1.82) is 0 Å². The Morgan fingerprint density at radius 1 is 1.60 bits per heavy atom. The third-order valence-corrected chi connectivity index (χ3v) is 2.67. The Labute approximate surface area is 87.0 Å². The molecule has 0 heterocycles. The average molecular weight is 208 g/mol. The van der Waals surface area contributed by atoms with Crippen LogP contribution in [0.25, 0.3) is 0 Å². The number of nitro groups is 1. The molecule has 0 spiro atoms. The molecule has 1 saturated carbocycles. The van der Waals surface area contributed by atoms with Crippen molar-refractivity contribution >= 4 is 5.69 Å². The number of rotatable bonds is 3. The van der Waals surface area contributed by atoms with Gasteiger partial charge in [-0.1, -0.05) is 12.1 Å². The van der Waals surface area contributed by atoms with Crippen molar-refractivity contribution in [3.05, 3.63) is 33.9 Å². The fraction of sp³-hybridized carbons (Fsp3) is 0.400. The third-order valence-electron chi connectivity index (χ3n) is 2.67. The van der Waals surface area contributed by atoms with E-state index in [0.29, 0.717) is 11.3 Å². The van der Waals surface area contributed by atoms with E-state index in [9.17, 15) is 10.1 Å². The predicted octanol–water partition coefficient (Wildman–Crippen LogP) is 1.42. The minimum absolute atomic E-state index is 0.0517. The van der Waals surface area contributed by atoms with Crippen LogP contribution < -0.4 is 10.5 Å². The van der Waals surface area contributed by atoms with Crippen molar-refractivity contribution in [3.63, 3.8) is 0 Å². The molecule has 0 saturated heterocycles. The number of methoxy groups -OCH3 is 1. The van der Waals surface area contributed by atoms with Crippen LogP contribution in [0.3, 0.4) is 0 Å². The minimum Gasteiger partial charge on any atom is -0.490 e. The third kappa shape index (κ3) is 1.66. The molecule has 0 amide bonds. The zero-order valence-electron chi connectivity index (χ0n) is 8.34. The highest BCUT2D eigenvalue weighted by Gasteiger charge is 2.40. The van der Waals surface area contributed by atoms with Gasteiger partial charge in [0.15, 0.2) is 5.75 Å². The maximum atomic E-state index is 10.9. The van der Waals surface area contributed by atoms with Gasteiger partial charge in [0, 0.05) is 17.5 Å². The molecule has 2 rings (SSSR count). The number of hydrogen-bond acceptors (Lipinski definition) is 4. The van der Waals surface area contributed by atoms with Gasteiger partial charge in [0.1, 0.15) is 0 Å². The lowest BCUT2D eigenvalue weighted by atomic mass is 10.1. The number of nitro benzene ring substituents is 1. The summed E-state index contributed by atoms with van der Waals surface area (Å²) in [5.74, 6) is 0.414.